The summed E-state index contributed by atoms with van der Waals surface area (Å²) in [4.78, 5) is 24.6. The van der Waals surface area contributed by atoms with Crippen molar-refractivity contribution in [1.29, 1.82) is 0 Å². The van der Waals surface area contributed by atoms with Crippen molar-refractivity contribution >= 4 is 11.9 Å². The summed E-state index contributed by atoms with van der Waals surface area (Å²) in [6.07, 6.45) is 0. The SMILES string of the molecule is Cc1ccc2n1CCN(C(=O)C(C)C(=O)O)C2C. The average Bonchev–Trinajstić information content (AvgIpc) is 2.71. The van der Waals surface area contributed by atoms with Crippen LogP contribution in [0.3, 0.4) is 0 Å². The van der Waals surface area contributed by atoms with Gasteiger partial charge in [-0.05, 0) is 32.9 Å². The van der Waals surface area contributed by atoms with Crippen LogP contribution in [0.4, 0.5) is 0 Å². The summed E-state index contributed by atoms with van der Waals surface area (Å²) < 4.78 is 2.18. The Labute approximate surface area is 106 Å². The van der Waals surface area contributed by atoms with Crippen molar-refractivity contribution in [2.45, 2.75) is 33.4 Å². The van der Waals surface area contributed by atoms with Crippen LogP contribution in [0.25, 0.3) is 0 Å². The molecule has 18 heavy (non-hydrogen) atoms. The predicted molar refractivity (Wildman–Crippen MR) is 66.1 cm³/mol. The molecule has 2 rings (SSSR count). The van der Waals surface area contributed by atoms with E-state index in [1.54, 1.807) is 4.90 Å². The first kappa shape index (κ1) is 12.7. The van der Waals surface area contributed by atoms with Crippen molar-refractivity contribution in [2.24, 2.45) is 5.92 Å². The molecule has 0 aromatic carbocycles. The van der Waals surface area contributed by atoms with Gasteiger partial charge in [0.2, 0.25) is 5.91 Å². The van der Waals surface area contributed by atoms with Crippen LogP contribution in [-0.2, 0) is 16.1 Å². The molecule has 0 saturated carbocycles. The number of aromatic nitrogens is 1. The van der Waals surface area contributed by atoms with Crippen molar-refractivity contribution in [2.75, 3.05) is 6.54 Å². The quantitative estimate of drug-likeness (QED) is 0.807. The number of nitrogens with zero attached hydrogens (tertiary/aromatic N) is 2. The summed E-state index contributed by atoms with van der Waals surface area (Å²) in [5.74, 6) is -2.35. The second-order valence-corrected chi connectivity index (χ2v) is 4.82. The number of aryl methyl sites for hydroxylation is 1. The molecule has 0 spiro atoms. The van der Waals surface area contributed by atoms with E-state index in [1.165, 1.54) is 12.6 Å². The zero-order chi connectivity index (χ0) is 13.4. The fourth-order valence-corrected chi connectivity index (χ4v) is 2.48. The van der Waals surface area contributed by atoms with Crippen LogP contribution in [0, 0.1) is 12.8 Å². The molecule has 1 aliphatic rings. The Morgan fingerprint density at radius 2 is 2.06 bits per heavy atom. The first-order valence-electron chi connectivity index (χ1n) is 6.12. The van der Waals surface area contributed by atoms with Crippen LogP contribution in [0.5, 0.6) is 0 Å². The fraction of sp³-hybridized carbons (Fsp3) is 0.538. The van der Waals surface area contributed by atoms with E-state index in [4.69, 9.17) is 5.11 Å². The normalized spacial score (nSPS) is 20.4. The van der Waals surface area contributed by atoms with Gasteiger partial charge in [0.25, 0.3) is 0 Å². The fourth-order valence-electron chi connectivity index (χ4n) is 2.48. The topological polar surface area (TPSA) is 62.5 Å². The Morgan fingerprint density at radius 1 is 1.39 bits per heavy atom. The molecule has 98 valence electrons. The van der Waals surface area contributed by atoms with Crippen LogP contribution >= 0.6 is 0 Å². The smallest absolute Gasteiger partial charge is 0.315 e. The molecule has 1 N–H and O–H groups in total. The molecule has 5 heteroatoms. The molecule has 1 aliphatic heterocycles. The first-order chi connectivity index (χ1) is 8.43. The molecular weight excluding hydrogens is 232 g/mol. The number of hydrogen-bond acceptors (Lipinski definition) is 2. The van der Waals surface area contributed by atoms with Gasteiger partial charge in [-0.1, -0.05) is 0 Å². The van der Waals surface area contributed by atoms with Gasteiger partial charge in [0, 0.05) is 24.5 Å². The van der Waals surface area contributed by atoms with E-state index >= 15 is 0 Å². The van der Waals surface area contributed by atoms with Gasteiger partial charge < -0.3 is 14.6 Å². The Kier molecular flexibility index (Phi) is 3.15. The number of hydrogen-bond donors (Lipinski definition) is 1. The van der Waals surface area contributed by atoms with E-state index in [2.05, 4.69) is 4.57 Å². The second kappa shape index (κ2) is 4.48. The maximum atomic E-state index is 12.1. The lowest BCUT2D eigenvalue weighted by Gasteiger charge is -2.36. The third-order valence-corrected chi connectivity index (χ3v) is 3.72. The van der Waals surface area contributed by atoms with Gasteiger partial charge in [-0.3, -0.25) is 9.59 Å². The molecule has 1 aromatic rings. The maximum absolute atomic E-state index is 12.1. The summed E-state index contributed by atoms with van der Waals surface area (Å²) in [6, 6.07) is 3.97. The number of carboxylic acids is 1. The molecule has 0 aliphatic carbocycles. The second-order valence-electron chi connectivity index (χ2n) is 4.82. The zero-order valence-corrected chi connectivity index (χ0v) is 10.9. The molecule has 1 amide bonds. The number of carbonyl (C=O) groups excluding carboxylic acids is 1. The highest BCUT2D eigenvalue weighted by Crippen LogP contribution is 2.28. The third kappa shape index (κ3) is 1.89. The maximum Gasteiger partial charge on any atom is 0.315 e. The lowest BCUT2D eigenvalue weighted by molar-refractivity contribution is -0.151. The van der Waals surface area contributed by atoms with E-state index in [1.807, 2.05) is 26.0 Å². The lowest BCUT2D eigenvalue weighted by Crippen LogP contribution is -2.44. The number of carbonyl (C=O) groups is 2. The molecule has 2 atom stereocenters. The Hall–Kier alpha value is -1.78. The Morgan fingerprint density at radius 3 is 2.67 bits per heavy atom. The summed E-state index contributed by atoms with van der Waals surface area (Å²) in [7, 11) is 0. The van der Waals surface area contributed by atoms with Crippen LogP contribution in [0.1, 0.15) is 31.3 Å². The average molecular weight is 250 g/mol. The van der Waals surface area contributed by atoms with Gasteiger partial charge >= 0.3 is 5.97 Å². The van der Waals surface area contributed by atoms with Crippen molar-refractivity contribution < 1.29 is 14.7 Å². The summed E-state index contributed by atoms with van der Waals surface area (Å²) in [5, 5.41) is 8.92. The number of carboxylic acid groups (broad SMARTS) is 1. The summed E-state index contributed by atoms with van der Waals surface area (Å²) in [6.45, 7) is 6.72. The zero-order valence-electron chi connectivity index (χ0n) is 10.9. The number of aliphatic carboxylic acids is 1. The Bertz CT molecular complexity index is 492. The molecule has 1 aromatic heterocycles. The van der Waals surface area contributed by atoms with E-state index in [9.17, 15) is 9.59 Å². The highest BCUT2D eigenvalue weighted by atomic mass is 16.4. The largest absolute Gasteiger partial charge is 0.481 e. The lowest BCUT2D eigenvalue weighted by atomic mass is 10.1. The standard InChI is InChI=1S/C13H18N2O3/c1-8-4-5-11-10(3)15(7-6-14(8)11)12(16)9(2)13(17)18/h4-5,9-10H,6-7H2,1-3H3,(H,17,18). The number of rotatable bonds is 2. The summed E-state index contributed by atoms with van der Waals surface area (Å²) >= 11 is 0. The van der Waals surface area contributed by atoms with Gasteiger partial charge in [-0.2, -0.15) is 0 Å². The highest BCUT2D eigenvalue weighted by Gasteiger charge is 2.33. The van der Waals surface area contributed by atoms with Crippen molar-refractivity contribution in [3.05, 3.63) is 23.5 Å². The van der Waals surface area contributed by atoms with E-state index in [0.717, 1.165) is 12.2 Å². The Balaban J connectivity index is 2.24. The van der Waals surface area contributed by atoms with E-state index in [0.29, 0.717) is 6.54 Å². The number of amides is 1. The first-order valence-corrected chi connectivity index (χ1v) is 6.12. The van der Waals surface area contributed by atoms with Gasteiger partial charge in [0.1, 0.15) is 5.92 Å². The molecule has 0 bridgehead atoms. The van der Waals surface area contributed by atoms with Gasteiger partial charge in [-0.25, -0.2) is 0 Å². The van der Waals surface area contributed by atoms with Crippen molar-refractivity contribution in [3.8, 4) is 0 Å². The number of fused-ring (bicyclic) bond motifs is 1. The van der Waals surface area contributed by atoms with Gasteiger partial charge in [-0.15, -0.1) is 0 Å². The molecule has 0 fully saturated rings. The molecular formula is C13H18N2O3. The van der Waals surface area contributed by atoms with Gasteiger partial charge in [0.05, 0.1) is 6.04 Å². The highest BCUT2D eigenvalue weighted by molar-refractivity contribution is 5.96. The van der Waals surface area contributed by atoms with Crippen LogP contribution in [0.2, 0.25) is 0 Å². The molecule has 0 saturated heterocycles. The van der Waals surface area contributed by atoms with E-state index in [-0.39, 0.29) is 11.9 Å². The van der Waals surface area contributed by atoms with Crippen molar-refractivity contribution in [1.82, 2.24) is 9.47 Å². The molecule has 2 unspecified atom stereocenters. The molecule has 5 nitrogen and oxygen atoms in total. The predicted octanol–water partition coefficient (Wildman–Crippen LogP) is 1.42. The van der Waals surface area contributed by atoms with Crippen LogP contribution in [0.15, 0.2) is 12.1 Å². The minimum absolute atomic E-state index is 0.0678. The monoisotopic (exact) mass is 250 g/mol. The molecule has 0 radical (unpaired) electrons. The molecule has 2 heterocycles. The van der Waals surface area contributed by atoms with E-state index < -0.39 is 11.9 Å². The van der Waals surface area contributed by atoms with Crippen LogP contribution < -0.4 is 0 Å². The minimum Gasteiger partial charge on any atom is -0.481 e. The van der Waals surface area contributed by atoms with Crippen LogP contribution in [-0.4, -0.2) is 33.0 Å². The minimum atomic E-state index is -1.07. The summed E-state index contributed by atoms with van der Waals surface area (Å²) in [5.41, 5.74) is 2.25. The third-order valence-electron chi connectivity index (χ3n) is 3.72. The van der Waals surface area contributed by atoms with Gasteiger partial charge in [0.15, 0.2) is 0 Å². The van der Waals surface area contributed by atoms with Crippen molar-refractivity contribution in [3.63, 3.8) is 0 Å².